The minimum Gasteiger partial charge on any atom is -0.550 e. The molecular formula is C30H56N5O6-. The maximum Gasteiger partial charge on any atom is 0.219 e. The fraction of sp³-hybridized carbons (Fsp3) is 0.833. The van der Waals surface area contributed by atoms with Gasteiger partial charge >= 0.3 is 0 Å². The van der Waals surface area contributed by atoms with Gasteiger partial charge in [0.1, 0.15) is 0 Å². The zero-order valence-corrected chi connectivity index (χ0v) is 25.2. The van der Waals surface area contributed by atoms with E-state index in [2.05, 4.69) is 21.3 Å². The van der Waals surface area contributed by atoms with Crippen LogP contribution in [0.3, 0.4) is 0 Å². The van der Waals surface area contributed by atoms with E-state index in [1.54, 1.807) is 0 Å². The number of carboxylic acids is 1. The average molecular weight is 583 g/mol. The van der Waals surface area contributed by atoms with Gasteiger partial charge in [-0.1, -0.05) is 32.1 Å². The lowest BCUT2D eigenvalue weighted by atomic mass is 10.1. The van der Waals surface area contributed by atoms with Crippen molar-refractivity contribution in [1.29, 1.82) is 0 Å². The lowest BCUT2D eigenvalue weighted by Gasteiger charge is -2.07. The third-order valence-electron chi connectivity index (χ3n) is 6.70. The van der Waals surface area contributed by atoms with Crippen molar-refractivity contribution in [2.24, 2.45) is 5.73 Å². The Morgan fingerprint density at radius 3 is 0.927 bits per heavy atom. The highest BCUT2D eigenvalue weighted by atomic mass is 16.4. The summed E-state index contributed by atoms with van der Waals surface area (Å²) in [4.78, 5) is 57.7. The summed E-state index contributed by atoms with van der Waals surface area (Å²) in [6, 6.07) is 0. The van der Waals surface area contributed by atoms with Crippen molar-refractivity contribution in [2.45, 2.75) is 128 Å². The van der Waals surface area contributed by atoms with Gasteiger partial charge in [-0.2, -0.15) is 0 Å². The zero-order valence-electron chi connectivity index (χ0n) is 25.2. The normalized spacial score (nSPS) is 10.7. The molecule has 0 saturated heterocycles. The number of carbonyl (C=O) groups excluding carboxylic acids is 5. The van der Waals surface area contributed by atoms with Gasteiger partial charge in [0.15, 0.2) is 0 Å². The van der Waals surface area contributed by atoms with Crippen molar-refractivity contribution < 1.29 is 29.1 Å². The molecule has 0 saturated carbocycles. The third-order valence-corrected chi connectivity index (χ3v) is 6.70. The van der Waals surface area contributed by atoms with E-state index in [-0.39, 0.29) is 30.0 Å². The molecule has 0 aromatic carbocycles. The first kappa shape index (κ1) is 38.3. The van der Waals surface area contributed by atoms with Crippen LogP contribution in [-0.2, 0) is 24.0 Å². The van der Waals surface area contributed by atoms with Crippen LogP contribution in [0.4, 0.5) is 0 Å². The van der Waals surface area contributed by atoms with Crippen LogP contribution in [0.2, 0.25) is 0 Å². The molecule has 11 heteroatoms. The number of unbranched alkanes of at least 4 members (excludes halogenated alkanes) is 10. The fourth-order valence-electron chi connectivity index (χ4n) is 4.20. The predicted molar refractivity (Wildman–Crippen MR) is 158 cm³/mol. The molecule has 238 valence electrons. The largest absolute Gasteiger partial charge is 0.550 e. The number of nitrogens with one attached hydrogen (secondary N) is 4. The van der Waals surface area contributed by atoms with Crippen molar-refractivity contribution in [1.82, 2.24) is 21.3 Å². The molecule has 41 heavy (non-hydrogen) atoms. The molecule has 0 unspecified atom stereocenters. The lowest BCUT2D eigenvalue weighted by Crippen LogP contribution is -2.25. The highest BCUT2D eigenvalue weighted by molar-refractivity contribution is 5.77. The number of rotatable bonds is 29. The van der Waals surface area contributed by atoms with E-state index >= 15 is 0 Å². The highest BCUT2D eigenvalue weighted by Crippen LogP contribution is 2.04. The molecule has 0 aromatic heterocycles. The molecular weight excluding hydrogens is 526 g/mol. The lowest BCUT2D eigenvalue weighted by molar-refractivity contribution is -0.305. The number of hydrogen-bond acceptors (Lipinski definition) is 7. The summed E-state index contributed by atoms with van der Waals surface area (Å²) in [5.74, 6) is -0.852. The van der Waals surface area contributed by atoms with E-state index in [4.69, 9.17) is 5.73 Å². The van der Waals surface area contributed by atoms with Crippen LogP contribution >= 0.6 is 0 Å². The molecule has 4 amide bonds. The van der Waals surface area contributed by atoms with Crippen LogP contribution in [0.1, 0.15) is 128 Å². The van der Waals surface area contributed by atoms with Crippen molar-refractivity contribution in [3.05, 3.63) is 0 Å². The number of carboxylic acid groups (broad SMARTS) is 1. The maximum absolute atomic E-state index is 11.9. The zero-order chi connectivity index (χ0) is 30.4. The molecule has 0 aromatic rings. The van der Waals surface area contributed by atoms with Gasteiger partial charge in [0.05, 0.1) is 0 Å². The van der Waals surface area contributed by atoms with E-state index in [1.807, 2.05) is 0 Å². The van der Waals surface area contributed by atoms with Crippen LogP contribution < -0.4 is 32.1 Å². The monoisotopic (exact) mass is 582 g/mol. The molecule has 0 radical (unpaired) electrons. The molecule has 0 bridgehead atoms. The SMILES string of the molecule is NCCCCCC(=O)NCCCCCC(=O)NCCCCCC(=O)NCCCCCC(=O)NCCCCCC(=O)[O-]. The number of amides is 4. The van der Waals surface area contributed by atoms with Gasteiger partial charge in [-0.15, -0.1) is 0 Å². The van der Waals surface area contributed by atoms with E-state index in [1.165, 1.54) is 0 Å². The van der Waals surface area contributed by atoms with Crippen LogP contribution in [-0.4, -0.2) is 62.3 Å². The first-order chi connectivity index (χ1) is 19.8. The van der Waals surface area contributed by atoms with Gasteiger partial charge in [0.2, 0.25) is 23.6 Å². The topological polar surface area (TPSA) is 183 Å². The molecule has 0 aliphatic carbocycles. The van der Waals surface area contributed by atoms with Crippen LogP contribution in [0, 0.1) is 0 Å². The van der Waals surface area contributed by atoms with Crippen molar-refractivity contribution in [3.8, 4) is 0 Å². The molecule has 6 N–H and O–H groups in total. The molecule has 0 atom stereocenters. The molecule has 0 aliphatic heterocycles. The van der Waals surface area contributed by atoms with Crippen molar-refractivity contribution in [3.63, 3.8) is 0 Å². The van der Waals surface area contributed by atoms with Crippen LogP contribution in [0.5, 0.6) is 0 Å². The van der Waals surface area contributed by atoms with Gasteiger partial charge < -0.3 is 36.9 Å². The Kier molecular flexibility index (Phi) is 26.9. The summed E-state index contributed by atoms with van der Waals surface area (Å²) in [6.45, 7) is 3.12. The van der Waals surface area contributed by atoms with E-state index < -0.39 is 5.97 Å². The average Bonchev–Trinajstić information content (AvgIpc) is 2.94. The number of nitrogens with two attached hydrogens (primary N) is 1. The molecule has 0 heterocycles. The first-order valence-electron chi connectivity index (χ1n) is 15.8. The van der Waals surface area contributed by atoms with Gasteiger partial charge in [0, 0.05) is 57.8 Å². The minimum absolute atomic E-state index is 0.00717. The highest BCUT2D eigenvalue weighted by Gasteiger charge is 2.05. The maximum atomic E-state index is 11.9. The van der Waals surface area contributed by atoms with Crippen molar-refractivity contribution in [2.75, 3.05) is 32.7 Å². The fourth-order valence-corrected chi connectivity index (χ4v) is 4.20. The molecule has 0 fully saturated rings. The summed E-state index contributed by atoms with van der Waals surface area (Å²) in [7, 11) is 0. The van der Waals surface area contributed by atoms with Crippen LogP contribution in [0.25, 0.3) is 0 Å². The van der Waals surface area contributed by atoms with E-state index in [0.29, 0.717) is 64.8 Å². The van der Waals surface area contributed by atoms with E-state index in [9.17, 15) is 29.1 Å². The van der Waals surface area contributed by atoms with Gasteiger partial charge in [-0.05, 0) is 77.2 Å². The van der Waals surface area contributed by atoms with E-state index in [0.717, 1.165) is 89.9 Å². The second kappa shape index (κ2) is 28.8. The molecule has 11 nitrogen and oxygen atoms in total. The Morgan fingerprint density at radius 2 is 0.659 bits per heavy atom. The summed E-state index contributed by atoms with van der Waals surface area (Å²) in [5, 5.41) is 21.9. The Labute approximate surface area is 246 Å². The number of aliphatic carboxylic acids is 1. The number of carbonyl (C=O) groups is 5. The summed E-state index contributed by atoms with van der Waals surface area (Å²) < 4.78 is 0. The van der Waals surface area contributed by atoms with Gasteiger partial charge in [-0.25, -0.2) is 0 Å². The summed E-state index contributed by atoms with van der Waals surface area (Å²) >= 11 is 0. The Hall–Kier alpha value is -2.69. The van der Waals surface area contributed by atoms with Gasteiger partial charge in [-0.3, -0.25) is 19.2 Å². The smallest absolute Gasteiger partial charge is 0.219 e. The second-order valence-electron chi connectivity index (χ2n) is 10.6. The third kappa shape index (κ3) is 30.1. The Bertz CT molecular complexity index is 719. The Morgan fingerprint density at radius 1 is 0.390 bits per heavy atom. The quantitative estimate of drug-likeness (QED) is 0.0835. The van der Waals surface area contributed by atoms with Crippen LogP contribution in [0.15, 0.2) is 0 Å². The molecule has 0 spiro atoms. The van der Waals surface area contributed by atoms with Gasteiger partial charge in [0.25, 0.3) is 0 Å². The minimum atomic E-state index is -1.03. The molecule has 0 aliphatic rings. The molecule has 0 rings (SSSR count). The van der Waals surface area contributed by atoms with Crippen molar-refractivity contribution >= 4 is 29.6 Å². The first-order valence-corrected chi connectivity index (χ1v) is 15.8. The number of hydrogen-bond donors (Lipinski definition) is 5. The summed E-state index contributed by atoms with van der Waals surface area (Å²) in [6.07, 6.45) is 14.5. The standard InChI is InChI=1S/C30H57N5O6/c31-21-11-1-6-16-26(36)32-22-12-2-7-17-27(37)33-23-13-3-8-18-28(38)34-24-14-4-9-19-29(39)35-25-15-5-10-20-30(40)41/h1-25,31H2,(H,32,36)(H,33,37)(H,34,38)(H,35,39)(H,40,41)/p-1. The second-order valence-corrected chi connectivity index (χ2v) is 10.6. The Balaban J connectivity index is 3.42. The predicted octanol–water partition coefficient (Wildman–Crippen LogP) is 1.96. The summed E-state index contributed by atoms with van der Waals surface area (Å²) in [5.41, 5.74) is 5.44.